The molecule has 2 fully saturated rings. The summed E-state index contributed by atoms with van der Waals surface area (Å²) in [4.78, 5) is 12.5. The van der Waals surface area contributed by atoms with Gasteiger partial charge in [-0.1, -0.05) is 42.3 Å². The average molecular weight is 435 g/mol. The number of carbonyl (C=O) groups excluding carboxylic acids is 1. The fourth-order valence-electron chi connectivity index (χ4n) is 5.79. The van der Waals surface area contributed by atoms with Crippen LogP contribution in [0.4, 0.5) is 4.39 Å². The van der Waals surface area contributed by atoms with Crippen molar-refractivity contribution in [3.05, 3.63) is 77.1 Å². The molecule has 0 saturated heterocycles. The average Bonchev–Trinajstić information content (AvgIpc) is 2.80. The molecule has 0 amide bonds. The first-order valence-corrected chi connectivity index (χ1v) is 12.2. The molecule has 2 aromatic rings. The maximum absolute atomic E-state index is 15.0. The maximum Gasteiger partial charge on any atom is 0.343 e. The second kappa shape index (κ2) is 10.5. The van der Waals surface area contributed by atoms with Crippen molar-refractivity contribution in [1.82, 2.24) is 0 Å². The summed E-state index contributed by atoms with van der Waals surface area (Å²) in [6.07, 6.45) is 14.2. The van der Waals surface area contributed by atoms with E-state index in [0.717, 1.165) is 41.7 Å². The molecule has 4 rings (SSSR count). The van der Waals surface area contributed by atoms with Gasteiger partial charge in [0.25, 0.3) is 0 Å². The minimum absolute atomic E-state index is 0.262. The highest BCUT2D eigenvalue weighted by atomic mass is 19.1. The van der Waals surface area contributed by atoms with E-state index in [0.29, 0.717) is 5.75 Å². The van der Waals surface area contributed by atoms with E-state index in [-0.39, 0.29) is 17.3 Å². The Labute approximate surface area is 191 Å². The summed E-state index contributed by atoms with van der Waals surface area (Å²) in [5.74, 6) is 2.34. The molecule has 0 aliphatic heterocycles. The Morgan fingerprint density at radius 2 is 1.78 bits per heavy atom. The van der Waals surface area contributed by atoms with E-state index in [1.54, 1.807) is 18.2 Å². The molecule has 0 radical (unpaired) electrons. The number of benzene rings is 2. The van der Waals surface area contributed by atoms with Crippen molar-refractivity contribution in [1.29, 1.82) is 0 Å². The minimum atomic E-state index is -0.515. The van der Waals surface area contributed by atoms with Crippen molar-refractivity contribution in [3.63, 3.8) is 0 Å². The lowest BCUT2D eigenvalue weighted by Crippen LogP contribution is -2.30. The molecule has 0 bridgehead atoms. The van der Waals surface area contributed by atoms with Crippen molar-refractivity contribution >= 4 is 5.97 Å². The largest absolute Gasteiger partial charge is 0.423 e. The van der Waals surface area contributed by atoms with Gasteiger partial charge in [-0.3, -0.25) is 0 Å². The zero-order valence-electron chi connectivity index (χ0n) is 19.4. The lowest BCUT2D eigenvalue weighted by Gasteiger charge is -2.42. The zero-order chi connectivity index (χ0) is 22.5. The molecule has 0 heterocycles. The Bertz CT molecular complexity index is 946. The fourth-order valence-corrected chi connectivity index (χ4v) is 5.79. The van der Waals surface area contributed by atoms with Gasteiger partial charge >= 0.3 is 5.97 Å². The van der Waals surface area contributed by atoms with Crippen LogP contribution < -0.4 is 4.74 Å². The zero-order valence-corrected chi connectivity index (χ0v) is 19.4. The van der Waals surface area contributed by atoms with E-state index in [9.17, 15) is 4.79 Å². The Morgan fingerprint density at radius 3 is 2.53 bits per heavy atom. The van der Waals surface area contributed by atoms with E-state index in [1.807, 2.05) is 25.1 Å². The van der Waals surface area contributed by atoms with Crippen LogP contribution in [0, 0.1) is 30.5 Å². The number of hydrogen-bond donors (Lipinski definition) is 0. The van der Waals surface area contributed by atoms with Gasteiger partial charge in [0.15, 0.2) is 0 Å². The molecule has 170 valence electrons. The standard InChI is InChI=1S/C29H35FO2/c1-3-4-5-6-21-9-10-23-18-24(12-11-22(23)17-21)27-16-13-25(19-28(27)30)29(31)32-26-14-7-20(2)8-15-26/h3-4,7-8,13-16,19,21-24H,5-6,9-12,17-18H2,1-2H3/b4-3+. The third-order valence-corrected chi connectivity index (χ3v) is 7.61. The van der Waals surface area contributed by atoms with E-state index in [2.05, 4.69) is 19.1 Å². The predicted molar refractivity (Wildman–Crippen MR) is 127 cm³/mol. The fraction of sp³-hybridized carbons (Fsp3) is 0.483. The number of fused-ring (bicyclic) bond motifs is 1. The van der Waals surface area contributed by atoms with Gasteiger partial charge in [-0.2, -0.15) is 0 Å². The third-order valence-electron chi connectivity index (χ3n) is 7.61. The van der Waals surface area contributed by atoms with Gasteiger partial charge in [-0.25, -0.2) is 9.18 Å². The number of allylic oxidation sites excluding steroid dienone is 2. The van der Waals surface area contributed by atoms with Gasteiger partial charge in [0.1, 0.15) is 11.6 Å². The summed E-state index contributed by atoms with van der Waals surface area (Å²) in [6, 6.07) is 12.2. The van der Waals surface area contributed by atoms with E-state index in [4.69, 9.17) is 4.74 Å². The van der Waals surface area contributed by atoms with Gasteiger partial charge in [0.05, 0.1) is 5.56 Å². The number of halogens is 1. The van der Waals surface area contributed by atoms with E-state index in [1.165, 1.54) is 44.6 Å². The highest BCUT2D eigenvalue weighted by Gasteiger charge is 2.36. The van der Waals surface area contributed by atoms with Crippen LogP contribution in [0.1, 0.15) is 85.7 Å². The van der Waals surface area contributed by atoms with E-state index < -0.39 is 5.97 Å². The van der Waals surface area contributed by atoms with Gasteiger partial charge in [0.2, 0.25) is 0 Å². The van der Waals surface area contributed by atoms with Crippen molar-refractivity contribution in [2.45, 2.75) is 71.1 Å². The molecule has 0 N–H and O–H groups in total. The van der Waals surface area contributed by atoms with Crippen LogP contribution in [0.3, 0.4) is 0 Å². The molecule has 4 atom stereocenters. The van der Waals surface area contributed by atoms with Crippen LogP contribution in [-0.4, -0.2) is 5.97 Å². The number of rotatable bonds is 6. The molecule has 2 nitrogen and oxygen atoms in total. The number of esters is 1. The Hall–Kier alpha value is -2.42. The normalized spacial score (nSPS) is 25.5. The molecule has 2 aromatic carbocycles. The maximum atomic E-state index is 15.0. The van der Waals surface area contributed by atoms with Crippen LogP contribution in [-0.2, 0) is 0 Å². The van der Waals surface area contributed by atoms with Gasteiger partial charge in [0, 0.05) is 0 Å². The Balaban J connectivity index is 1.36. The Kier molecular flexibility index (Phi) is 7.44. The first kappa shape index (κ1) is 22.8. The molecule has 2 aliphatic rings. The summed E-state index contributed by atoms with van der Waals surface area (Å²) in [5, 5.41) is 0. The molecular formula is C29H35FO2. The molecule has 2 saturated carbocycles. The molecular weight excluding hydrogens is 399 g/mol. The SMILES string of the molecule is C/C=C/CCC1CCC2CC(c3ccc(C(=O)Oc4ccc(C)cc4)cc3F)CCC2C1. The molecule has 2 aliphatic carbocycles. The van der Waals surface area contributed by atoms with Crippen molar-refractivity contribution in [2.24, 2.45) is 17.8 Å². The topological polar surface area (TPSA) is 26.3 Å². The van der Waals surface area contributed by atoms with Crippen molar-refractivity contribution in [3.8, 4) is 5.75 Å². The monoisotopic (exact) mass is 434 g/mol. The van der Waals surface area contributed by atoms with Crippen molar-refractivity contribution < 1.29 is 13.9 Å². The molecule has 0 aromatic heterocycles. The summed E-state index contributed by atoms with van der Waals surface area (Å²) < 4.78 is 20.4. The van der Waals surface area contributed by atoms with E-state index >= 15 is 4.39 Å². The minimum Gasteiger partial charge on any atom is -0.423 e. The smallest absolute Gasteiger partial charge is 0.343 e. The lowest BCUT2D eigenvalue weighted by molar-refractivity contribution is 0.0734. The number of ether oxygens (including phenoxy) is 1. The molecule has 0 spiro atoms. The Morgan fingerprint density at radius 1 is 1.03 bits per heavy atom. The molecule has 4 unspecified atom stereocenters. The summed E-state index contributed by atoms with van der Waals surface area (Å²) in [5.41, 5.74) is 2.13. The second-order valence-corrected chi connectivity index (χ2v) is 9.79. The molecule has 3 heteroatoms. The van der Waals surface area contributed by atoms with Gasteiger partial charge < -0.3 is 4.74 Å². The summed E-state index contributed by atoms with van der Waals surface area (Å²) in [6.45, 7) is 4.07. The second-order valence-electron chi connectivity index (χ2n) is 9.79. The van der Waals surface area contributed by atoms with Crippen LogP contribution in [0.5, 0.6) is 5.75 Å². The highest BCUT2D eigenvalue weighted by molar-refractivity contribution is 5.91. The van der Waals surface area contributed by atoms with Crippen LogP contribution in [0.25, 0.3) is 0 Å². The first-order valence-electron chi connectivity index (χ1n) is 12.2. The number of aryl methyl sites for hydroxylation is 1. The van der Waals surface area contributed by atoms with Gasteiger partial charge in [-0.05, 0) is 112 Å². The van der Waals surface area contributed by atoms with Crippen LogP contribution in [0.15, 0.2) is 54.6 Å². The number of carbonyl (C=O) groups is 1. The lowest BCUT2D eigenvalue weighted by atomic mass is 9.63. The third kappa shape index (κ3) is 5.49. The summed E-state index contributed by atoms with van der Waals surface area (Å²) in [7, 11) is 0. The van der Waals surface area contributed by atoms with Crippen LogP contribution in [0.2, 0.25) is 0 Å². The predicted octanol–water partition coefficient (Wildman–Crippen LogP) is 8.01. The van der Waals surface area contributed by atoms with Crippen molar-refractivity contribution in [2.75, 3.05) is 0 Å². The molecule has 32 heavy (non-hydrogen) atoms. The first-order chi connectivity index (χ1) is 15.5. The summed E-state index contributed by atoms with van der Waals surface area (Å²) >= 11 is 0. The number of hydrogen-bond acceptors (Lipinski definition) is 2. The highest BCUT2D eigenvalue weighted by Crippen LogP contribution is 2.48. The quantitative estimate of drug-likeness (QED) is 0.261. The van der Waals surface area contributed by atoms with Gasteiger partial charge in [-0.15, -0.1) is 0 Å². The van der Waals surface area contributed by atoms with Crippen LogP contribution >= 0.6 is 0 Å².